The summed E-state index contributed by atoms with van der Waals surface area (Å²) < 4.78 is 0. The number of carbonyl (C=O) groups excluding carboxylic acids is 2. The third-order valence-corrected chi connectivity index (χ3v) is 2.80. The van der Waals surface area contributed by atoms with Crippen molar-refractivity contribution in [2.24, 2.45) is 0 Å². The maximum Gasteiger partial charge on any atom is 0.253 e. The first kappa shape index (κ1) is 13.7. The first-order chi connectivity index (χ1) is 9.66. The Hall–Kier alpha value is -2.69. The van der Waals surface area contributed by atoms with Crippen molar-refractivity contribution in [2.45, 2.75) is 12.5 Å². The van der Waals surface area contributed by atoms with E-state index in [4.69, 9.17) is 0 Å². The van der Waals surface area contributed by atoms with E-state index in [0.717, 1.165) is 0 Å². The molecule has 0 aliphatic rings. The molecule has 2 aromatic rings. The van der Waals surface area contributed by atoms with Crippen molar-refractivity contribution in [1.82, 2.24) is 10.3 Å². The van der Waals surface area contributed by atoms with Crippen molar-refractivity contribution in [3.63, 3.8) is 0 Å². The lowest BCUT2D eigenvalue weighted by molar-refractivity contribution is -0.306. The highest BCUT2D eigenvalue weighted by Crippen LogP contribution is 2.16. The number of amides is 1. The maximum absolute atomic E-state index is 12.0. The van der Waals surface area contributed by atoms with Crippen LogP contribution in [-0.4, -0.2) is 16.9 Å². The van der Waals surface area contributed by atoms with Crippen LogP contribution in [0.25, 0.3) is 0 Å². The number of carboxylic acids is 1. The van der Waals surface area contributed by atoms with Crippen LogP contribution in [0.5, 0.6) is 0 Å². The van der Waals surface area contributed by atoms with Gasteiger partial charge >= 0.3 is 0 Å². The van der Waals surface area contributed by atoms with Gasteiger partial charge in [0.05, 0.1) is 11.6 Å². The van der Waals surface area contributed by atoms with E-state index in [2.05, 4.69) is 10.3 Å². The standard InChI is InChI=1S/C15H14N2O3/c18-14(19)9-13(11-5-2-1-3-6-11)17-15(20)12-7-4-8-16-10-12/h1-8,10,13H,9H2,(H,17,20)(H,18,19)/p-1/t13-/m1/s1. The van der Waals surface area contributed by atoms with Crippen LogP contribution in [0.3, 0.4) is 0 Å². The fourth-order valence-corrected chi connectivity index (χ4v) is 1.84. The summed E-state index contributed by atoms with van der Waals surface area (Å²) in [7, 11) is 0. The summed E-state index contributed by atoms with van der Waals surface area (Å²) in [5.74, 6) is -1.58. The van der Waals surface area contributed by atoms with Gasteiger partial charge in [0.2, 0.25) is 0 Å². The molecule has 1 aromatic heterocycles. The van der Waals surface area contributed by atoms with Gasteiger partial charge in [0, 0.05) is 24.8 Å². The molecule has 0 aliphatic heterocycles. The first-order valence-corrected chi connectivity index (χ1v) is 6.12. The average Bonchev–Trinajstić information content (AvgIpc) is 2.48. The van der Waals surface area contributed by atoms with E-state index in [1.165, 1.54) is 6.20 Å². The van der Waals surface area contributed by atoms with Crippen LogP contribution in [0.1, 0.15) is 28.4 Å². The molecular formula is C15H13N2O3-. The number of hydrogen-bond acceptors (Lipinski definition) is 4. The van der Waals surface area contributed by atoms with Crippen molar-refractivity contribution in [3.8, 4) is 0 Å². The molecule has 0 bridgehead atoms. The molecule has 0 saturated heterocycles. The van der Waals surface area contributed by atoms with E-state index in [-0.39, 0.29) is 12.3 Å². The van der Waals surface area contributed by atoms with Gasteiger partial charge in [0.25, 0.3) is 5.91 Å². The van der Waals surface area contributed by atoms with E-state index in [0.29, 0.717) is 11.1 Å². The number of carbonyl (C=O) groups is 2. The maximum atomic E-state index is 12.0. The number of nitrogens with zero attached hydrogens (tertiary/aromatic N) is 1. The van der Waals surface area contributed by atoms with Crippen LogP contribution in [0.15, 0.2) is 54.9 Å². The number of rotatable bonds is 5. The zero-order chi connectivity index (χ0) is 14.4. The Kier molecular flexibility index (Phi) is 4.44. The van der Waals surface area contributed by atoms with Crippen LogP contribution in [0.4, 0.5) is 0 Å². The molecule has 2 rings (SSSR count). The molecule has 1 aromatic carbocycles. The number of pyridine rings is 1. The monoisotopic (exact) mass is 269 g/mol. The van der Waals surface area contributed by atoms with E-state index >= 15 is 0 Å². The van der Waals surface area contributed by atoms with Gasteiger partial charge in [0.15, 0.2) is 0 Å². The topological polar surface area (TPSA) is 82.1 Å². The fourth-order valence-electron chi connectivity index (χ4n) is 1.84. The predicted octanol–water partition coefficient (Wildman–Crippen LogP) is 0.693. The van der Waals surface area contributed by atoms with Crippen LogP contribution >= 0.6 is 0 Å². The molecule has 1 N–H and O–H groups in total. The zero-order valence-electron chi connectivity index (χ0n) is 10.7. The minimum absolute atomic E-state index is 0.282. The smallest absolute Gasteiger partial charge is 0.253 e. The lowest BCUT2D eigenvalue weighted by atomic mass is 10.0. The summed E-state index contributed by atoms with van der Waals surface area (Å²) in [6.45, 7) is 0. The summed E-state index contributed by atoms with van der Waals surface area (Å²) in [6, 6.07) is 11.5. The molecule has 20 heavy (non-hydrogen) atoms. The lowest BCUT2D eigenvalue weighted by Crippen LogP contribution is -2.34. The second kappa shape index (κ2) is 6.47. The Bertz CT molecular complexity index is 585. The molecule has 0 fully saturated rings. The van der Waals surface area contributed by atoms with Gasteiger partial charge in [-0.2, -0.15) is 0 Å². The van der Waals surface area contributed by atoms with Gasteiger partial charge in [0.1, 0.15) is 0 Å². The average molecular weight is 269 g/mol. The number of nitrogens with one attached hydrogen (secondary N) is 1. The minimum Gasteiger partial charge on any atom is -0.550 e. The predicted molar refractivity (Wildman–Crippen MR) is 70.5 cm³/mol. The molecule has 0 aliphatic carbocycles. The summed E-state index contributed by atoms with van der Waals surface area (Å²) >= 11 is 0. The number of hydrogen-bond donors (Lipinski definition) is 1. The minimum atomic E-state index is -1.22. The molecule has 1 atom stereocenters. The van der Waals surface area contributed by atoms with E-state index in [1.807, 2.05) is 6.07 Å². The second-order valence-electron chi connectivity index (χ2n) is 4.25. The number of aromatic nitrogens is 1. The quantitative estimate of drug-likeness (QED) is 0.866. The van der Waals surface area contributed by atoms with E-state index in [9.17, 15) is 14.7 Å². The molecule has 5 nitrogen and oxygen atoms in total. The summed E-state index contributed by atoms with van der Waals surface area (Å²) in [6.07, 6.45) is 2.71. The Morgan fingerprint density at radius 3 is 2.50 bits per heavy atom. The first-order valence-electron chi connectivity index (χ1n) is 6.12. The highest BCUT2D eigenvalue weighted by molar-refractivity contribution is 5.94. The van der Waals surface area contributed by atoms with Gasteiger partial charge in [-0.05, 0) is 17.7 Å². The Morgan fingerprint density at radius 1 is 1.15 bits per heavy atom. The highest BCUT2D eigenvalue weighted by atomic mass is 16.4. The molecule has 0 radical (unpaired) electrons. The fraction of sp³-hybridized carbons (Fsp3) is 0.133. The normalized spacial score (nSPS) is 11.6. The van der Waals surface area contributed by atoms with E-state index < -0.39 is 12.0 Å². The number of benzene rings is 1. The van der Waals surface area contributed by atoms with Crippen LogP contribution < -0.4 is 10.4 Å². The Morgan fingerprint density at radius 2 is 1.90 bits per heavy atom. The Labute approximate surface area is 116 Å². The molecule has 102 valence electrons. The van der Waals surface area contributed by atoms with Gasteiger partial charge in [-0.25, -0.2) is 0 Å². The molecule has 1 heterocycles. The molecule has 0 unspecified atom stereocenters. The van der Waals surface area contributed by atoms with Crippen LogP contribution in [0.2, 0.25) is 0 Å². The van der Waals surface area contributed by atoms with Crippen molar-refractivity contribution in [2.75, 3.05) is 0 Å². The lowest BCUT2D eigenvalue weighted by Gasteiger charge is -2.19. The van der Waals surface area contributed by atoms with Crippen molar-refractivity contribution in [3.05, 3.63) is 66.0 Å². The van der Waals surface area contributed by atoms with Crippen LogP contribution in [-0.2, 0) is 4.79 Å². The zero-order valence-corrected chi connectivity index (χ0v) is 10.7. The molecular weight excluding hydrogens is 256 g/mol. The number of carboxylic acid groups (broad SMARTS) is 1. The highest BCUT2D eigenvalue weighted by Gasteiger charge is 2.15. The van der Waals surface area contributed by atoms with Crippen molar-refractivity contribution >= 4 is 11.9 Å². The molecule has 0 saturated carbocycles. The third-order valence-electron chi connectivity index (χ3n) is 2.80. The summed E-state index contributed by atoms with van der Waals surface area (Å²) in [5.41, 5.74) is 1.10. The van der Waals surface area contributed by atoms with E-state index in [1.54, 1.807) is 42.6 Å². The van der Waals surface area contributed by atoms with Crippen LogP contribution in [0, 0.1) is 0 Å². The summed E-state index contributed by atoms with van der Waals surface area (Å²) in [5, 5.41) is 13.5. The largest absolute Gasteiger partial charge is 0.550 e. The summed E-state index contributed by atoms with van der Waals surface area (Å²) in [4.78, 5) is 26.7. The van der Waals surface area contributed by atoms with Crippen molar-refractivity contribution in [1.29, 1.82) is 0 Å². The van der Waals surface area contributed by atoms with Gasteiger partial charge < -0.3 is 15.2 Å². The molecule has 1 amide bonds. The number of aliphatic carboxylic acids is 1. The van der Waals surface area contributed by atoms with Gasteiger partial charge in [-0.1, -0.05) is 30.3 Å². The van der Waals surface area contributed by atoms with Gasteiger partial charge in [-0.3, -0.25) is 9.78 Å². The Balaban J connectivity index is 2.16. The molecule has 0 spiro atoms. The third kappa shape index (κ3) is 3.65. The second-order valence-corrected chi connectivity index (χ2v) is 4.25. The van der Waals surface area contributed by atoms with Gasteiger partial charge in [-0.15, -0.1) is 0 Å². The van der Waals surface area contributed by atoms with Crippen molar-refractivity contribution < 1.29 is 14.7 Å². The SMILES string of the molecule is O=C([O-])C[C@@H](NC(=O)c1cccnc1)c1ccccc1. The molecule has 5 heteroatoms.